The van der Waals surface area contributed by atoms with Crippen molar-refractivity contribution < 1.29 is 9.13 Å². The molecule has 0 bridgehead atoms. The van der Waals surface area contributed by atoms with Gasteiger partial charge in [-0.2, -0.15) is 0 Å². The Morgan fingerprint density at radius 1 is 1.39 bits per heavy atom. The maximum Gasteiger partial charge on any atom is 0.174 e. The van der Waals surface area contributed by atoms with Crippen LogP contribution in [0.5, 0.6) is 5.75 Å². The van der Waals surface area contributed by atoms with E-state index < -0.39 is 5.82 Å². The molecule has 18 heavy (non-hydrogen) atoms. The van der Waals surface area contributed by atoms with E-state index in [9.17, 15) is 4.39 Å². The highest BCUT2D eigenvalue weighted by Crippen LogP contribution is 2.28. The van der Waals surface area contributed by atoms with Crippen LogP contribution in [0.1, 0.15) is 5.56 Å². The Labute approximate surface area is 110 Å². The van der Waals surface area contributed by atoms with Crippen LogP contribution in [0.4, 0.5) is 10.2 Å². The zero-order valence-electron chi connectivity index (χ0n) is 9.78. The predicted molar refractivity (Wildman–Crippen MR) is 69.5 cm³/mol. The van der Waals surface area contributed by atoms with E-state index in [2.05, 4.69) is 10.3 Å². The lowest BCUT2D eigenvalue weighted by atomic mass is 10.2. The molecule has 0 saturated carbocycles. The number of rotatable bonds is 4. The maximum atomic E-state index is 13.5. The molecule has 94 valence electrons. The highest BCUT2D eigenvalue weighted by Gasteiger charge is 2.08. The molecule has 0 unspecified atom stereocenters. The first-order valence-electron chi connectivity index (χ1n) is 5.40. The second-order valence-electron chi connectivity index (χ2n) is 3.64. The average molecular weight is 267 g/mol. The normalized spacial score (nSPS) is 10.2. The Balaban J connectivity index is 2.11. The van der Waals surface area contributed by atoms with Crippen molar-refractivity contribution in [3.8, 4) is 5.75 Å². The van der Waals surface area contributed by atoms with Crippen LogP contribution < -0.4 is 10.1 Å². The zero-order chi connectivity index (χ0) is 13.0. The molecule has 2 rings (SSSR count). The van der Waals surface area contributed by atoms with Gasteiger partial charge in [0.15, 0.2) is 11.6 Å². The van der Waals surface area contributed by atoms with Crippen LogP contribution in [0, 0.1) is 5.82 Å². The standard InChI is InChI=1S/C13H12ClFN2O/c1-16-12-7-9(5-6-17-12)8-18-13-10(14)3-2-4-11(13)15/h2-7H,8H2,1H3,(H,16,17). The van der Waals surface area contributed by atoms with Crippen molar-refractivity contribution in [2.24, 2.45) is 0 Å². The van der Waals surface area contributed by atoms with E-state index in [-0.39, 0.29) is 17.4 Å². The van der Waals surface area contributed by atoms with E-state index in [1.807, 2.05) is 6.07 Å². The van der Waals surface area contributed by atoms with Crippen molar-refractivity contribution >= 4 is 17.4 Å². The fraction of sp³-hybridized carbons (Fsp3) is 0.154. The molecule has 5 heteroatoms. The summed E-state index contributed by atoms with van der Waals surface area (Å²) in [4.78, 5) is 4.08. The summed E-state index contributed by atoms with van der Waals surface area (Å²) in [6.07, 6.45) is 1.66. The summed E-state index contributed by atoms with van der Waals surface area (Å²) in [6, 6.07) is 8.07. The van der Waals surface area contributed by atoms with Gasteiger partial charge in [-0.05, 0) is 29.8 Å². The Morgan fingerprint density at radius 3 is 2.94 bits per heavy atom. The molecule has 0 spiro atoms. The van der Waals surface area contributed by atoms with Gasteiger partial charge >= 0.3 is 0 Å². The minimum absolute atomic E-state index is 0.0713. The monoisotopic (exact) mass is 266 g/mol. The van der Waals surface area contributed by atoms with Gasteiger partial charge in [0.05, 0.1) is 5.02 Å². The number of hydrogen-bond acceptors (Lipinski definition) is 3. The van der Waals surface area contributed by atoms with Gasteiger partial charge in [0.25, 0.3) is 0 Å². The van der Waals surface area contributed by atoms with Gasteiger partial charge in [0, 0.05) is 13.2 Å². The van der Waals surface area contributed by atoms with Gasteiger partial charge in [-0.15, -0.1) is 0 Å². The molecule has 2 aromatic rings. The highest BCUT2D eigenvalue weighted by atomic mass is 35.5. The van der Waals surface area contributed by atoms with E-state index in [1.54, 1.807) is 25.4 Å². The number of halogens is 2. The number of anilines is 1. The van der Waals surface area contributed by atoms with Gasteiger partial charge in [-0.3, -0.25) is 0 Å². The summed E-state index contributed by atoms with van der Waals surface area (Å²) in [7, 11) is 1.78. The topological polar surface area (TPSA) is 34.1 Å². The largest absolute Gasteiger partial charge is 0.484 e. The van der Waals surface area contributed by atoms with Crippen molar-refractivity contribution in [3.05, 3.63) is 52.9 Å². The molecule has 1 N–H and O–H groups in total. The third-order valence-corrected chi connectivity index (χ3v) is 2.68. The average Bonchev–Trinajstić information content (AvgIpc) is 2.38. The van der Waals surface area contributed by atoms with Gasteiger partial charge in [-0.1, -0.05) is 17.7 Å². The summed E-state index contributed by atoms with van der Waals surface area (Å²) in [5.74, 6) is 0.336. The number of ether oxygens (including phenoxy) is 1. The number of hydrogen-bond donors (Lipinski definition) is 1. The van der Waals surface area contributed by atoms with Gasteiger partial charge in [-0.25, -0.2) is 9.37 Å². The summed E-state index contributed by atoms with van der Waals surface area (Å²) in [5, 5.41) is 3.18. The first-order valence-corrected chi connectivity index (χ1v) is 5.78. The molecule has 1 aromatic heterocycles. The molecule has 0 aliphatic rings. The molecule has 1 aromatic carbocycles. The van der Waals surface area contributed by atoms with E-state index in [1.165, 1.54) is 12.1 Å². The lowest BCUT2D eigenvalue weighted by Gasteiger charge is -2.09. The summed E-state index contributed by atoms with van der Waals surface area (Å²) < 4.78 is 18.9. The molecule has 0 atom stereocenters. The molecule has 0 saturated heterocycles. The molecule has 0 radical (unpaired) electrons. The minimum atomic E-state index is -0.467. The zero-order valence-corrected chi connectivity index (χ0v) is 10.5. The fourth-order valence-electron chi connectivity index (χ4n) is 1.48. The van der Waals surface area contributed by atoms with Crippen LogP contribution in [-0.2, 0) is 6.61 Å². The van der Waals surface area contributed by atoms with Gasteiger partial charge in [0.2, 0.25) is 0 Å². The summed E-state index contributed by atoms with van der Waals surface area (Å²) in [5.41, 5.74) is 0.883. The van der Waals surface area contributed by atoms with Crippen LogP contribution in [-0.4, -0.2) is 12.0 Å². The Kier molecular flexibility index (Phi) is 3.99. The summed E-state index contributed by atoms with van der Waals surface area (Å²) >= 11 is 5.86. The molecule has 3 nitrogen and oxygen atoms in total. The number of benzene rings is 1. The molecule has 1 heterocycles. The van der Waals surface area contributed by atoms with Gasteiger partial charge in [0.1, 0.15) is 12.4 Å². The quantitative estimate of drug-likeness (QED) is 0.920. The second kappa shape index (κ2) is 5.69. The van der Waals surface area contributed by atoms with Crippen molar-refractivity contribution in [1.29, 1.82) is 0 Å². The third-order valence-electron chi connectivity index (χ3n) is 2.38. The maximum absolute atomic E-state index is 13.5. The van der Waals surface area contributed by atoms with E-state index in [4.69, 9.17) is 16.3 Å². The second-order valence-corrected chi connectivity index (χ2v) is 4.05. The van der Waals surface area contributed by atoms with E-state index >= 15 is 0 Å². The molecule has 0 aliphatic heterocycles. The molecular formula is C13H12ClFN2O. The van der Waals surface area contributed by atoms with Crippen molar-refractivity contribution in [2.75, 3.05) is 12.4 Å². The van der Waals surface area contributed by atoms with Crippen molar-refractivity contribution in [1.82, 2.24) is 4.98 Å². The van der Waals surface area contributed by atoms with E-state index in [0.29, 0.717) is 0 Å². The van der Waals surface area contributed by atoms with Crippen LogP contribution in [0.25, 0.3) is 0 Å². The minimum Gasteiger partial charge on any atom is -0.484 e. The first-order chi connectivity index (χ1) is 8.70. The molecule has 0 amide bonds. The predicted octanol–water partition coefficient (Wildman–Crippen LogP) is 3.49. The van der Waals surface area contributed by atoms with Crippen LogP contribution in [0.2, 0.25) is 5.02 Å². The number of para-hydroxylation sites is 1. The SMILES string of the molecule is CNc1cc(COc2c(F)cccc2Cl)ccn1. The van der Waals surface area contributed by atoms with Crippen LogP contribution in [0.15, 0.2) is 36.5 Å². The van der Waals surface area contributed by atoms with Crippen molar-refractivity contribution in [2.45, 2.75) is 6.61 Å². The third kappa shape index (κ3) is 2.90. The van der Waals surface area contributed by atoms with Crippen LogP contribution >= 0.6 is 11.6 Å². The highest BCUT2D eigenvalue weighted by molar-refractivity contribution is 6.32. The number of pyridine rings is 1. The first kappa shape index (κ1) is 12.6. The molecule has 0 fully saturated rings. The summed E-state index contributed by atoms with van der Waals surface area (Å²) in [6.45, 7) is 0.234. The van der Waals surface area contributed by atoms with Gasteiger partial charge < -0.3 is 10.1 Å². The fourth-order valence-corrected chi connectivity index (χ4v) is 1.69. The Bertz CT molecular complexity index is 528. The lowest BCUT2D eigenvalue weighted by Crippen LogP contribution is -2.00. The Morgan fingerprint density at radius 2 is 2.22 bits per heavy atom. The number of aromatic nitrogens is 1. The molecular weight excluding hydrogens is 255 g/mol. The van der Waals surface area contributed by atoms with Crippen LogP contribution in [0.3, 0.4) is 0 Å². The van der Waals surface area contributed by atoms with Crippen molar-refractivity contribution in [3.63, 3.8) is 0 Å². The lowest BCUT2D eigenvalue weighted by molar-refractivity contribution is 0.290. The number of nitrogens with zero attached hydrogens (tertiary/aromatic N) is 1. The molecule has 0 aliphatic carbocycles. The number of nitrogens with one attached hydrogen (secondary N) is 1. The smallest absolute Gasteiger partial charge is 0.174 e. The Hall–Kier alpha value is -1.81. The van der Waals surface area contributed by atoms with E-state index in [0.717, 1.165) is 11.4 Å².